The van der Waals surface area contributed by atoms with E-state index in [4.69, 9.17) is 4.52 Å². The predicted octanol–water partition coefficient (Wildman–Crippen LogP) is 2.83. The summed E-state index contributed by atoms with van der Waals surface area (Å²) in [5.74, 6) is 0.691. The molecule has 2 aromatic rings. The molecule has 1 aromatic carbocycles. The highest BCUT2D eigenvalue weighted by Gasteiger charge is 2.16. The number of nitrogens with zero attached hydrogens (tertiary/aromatic N) is 3. The van der Waals surface area contributed by atoms with Crippen molar-refractivity contribution >= 4 is 0 Å². The zero-order chi connectivity index (χ0) is 15.4. The van der Waals surface area contributed by atoms with E-state index in [1.165, 1.54) is 17.7 Å². The predicted molar refractivity (Wildman–Crippen MR) is 82.8 cm³/mol. The van der Waals surface area contributed by atoms with E-state index in [2.05, 4.69) is 15.0 Å². The summed E-state index contributed by atoms with van der Waals surface area (Å²) in [4.78, 5) is 4.85. The molecule has 2 heterocycles. The molecule has 0 bridgehead atoms. The topological polar surface area (TPSA) is 32.5 Å². The van der Waals surface area contributed by atoms with Gasteiger partial charge in [0.25, 0.3) is 0 Å². The largest absolute Gasteiger partial charge is 0.361 e. The molecule has 0 N–H and O–H groups in total. The fourth-order valence-electron chi connectivity index (χ4n) is 2.91. The van der Waals surface area contributed by atoms with Crippen LogP contribution in [0.3, 0.4) is 0 Å². The molecule has 1 saturated heterocycles. The minimum atomic E-state index is -0.173. The summed E-state index contributed by atoms with van der Waals surface area (Å²) in [7, 11) is 0. The average Bonchev–Trinajstić information content (AvgIpc) is 2.78. The van der Waals surface area contributed by atoms with E-state index in [1.807, 2.05) is 25.1 Å². The second kappa shape index (κ2) is 7.03. The monoisotopic (exact) mass is 303 g/mol. The molecular formula is C17H22FN3O. The molecule has 1 aromatic heterocycles. The van der Waals surface area contributed by atoms with E-state index >= 15 is 0 Å². The van der Waals surface area contributed by atoms with Gasteiger partial charge >= 0.3 is 0 Å². The third-order valence-corrected chi connectivity index (χ3v) is 4.06. The van der Waals surface area contributed by atoms with Crippen molar-refractivity contribution in [2.45, 2.75) is 26.4 Å². The first-order valence-corrected chi connectivity index (χ1v) is 7.80. The average molecular weight is 303 g/mol. The zero-order valence-corrected chi connectivity index (χ0v) is 13.0. The molecule has 0 atom stereocenters. The van der Waals surface area contributed by atoms with Gasteiger partial charge in [0.15, 0.2) is 0 Å². The molecule has 0 radical (unpaired) electrons. The van der Waals surface area contributed by atoms with Gasteiger partial charge < -0.3 is 4.52 Å². The summed E-state index contributed by atoms with van der Waals surface area (Å²) >= 11 is 0. The first-order chi connectivity index (χ1) is 10.7. The van der Waals surface area contributed by atoms with Crippen molar-refractivity contribution in [2.24, 2.45) is 0 Å². The van der Waals surface area contributed by atoms with E-state index in [0.29, 0.717) is 0 Å². The van der Waals surface area contributed by atoms with Crippen LogP contribution in [0, 0.1) is 12.7 Å². The molecule has 118 valence electrons. The Morgan fingerprint density at radius 1 is 1.05 bits per heavy atom. The van der Waals surface area contributed by atoms with Crippen LogP contribution < -0.4 is 0 Å². The van der Waals surface area contributed by atoms with E-state index < -0.39 is 0 Å². The molecule has 4 nitrogen and oxygen atoms in total. The SMILES string of the molecule is Cc1cc(CN2CCCN(Cc3ccc(F)cc3)CC2)no1. The van der Waals surface area contributed by atoms with Gasteiger partial charge in [0.05, 0.1) is 5.69 Å². The first-order valence-electron chi connectivity index (χ1n) is 7.80. The smallest absolute Gasteiger partial charge is 0.133 e. The molecule has 0 spiro atoms. The number of rotatable bonds is 4. The first kappa shape index (κ1) is 15.2. The van der Waals surface area contributed by atoms with Crippen molar-refractivity contribution in [3.63, 3.8) is 0 Å². The Balaban J connectivity index is 1.52. The van der Waals surface area contributed by atoms with Gasteiger partial charge in [-0.25, -0.2) is 4.39 Å². The summed E-state index contributed by atoms with van der Waals surface area (Å²) < 4.78 is 18.1. The maximum Gasteiger partial charge on any atom is 0.133 e. The summed E-state index contributed by atoms with van der Waals surface area (Å²) in [6.07, 6.45) is 1.14. The Hall–Kier alpha value is -1.72. The number of aryl methyl sites for hydroxylation is 1. The Bertz CT molecular complexity index is 596. The highest BCUT2D eigenvalue weighted by atomic mass is 19.1. The van der Waals surface area contributed by atoms with Gasteiger partial charge in [-0.1, -0.05) is 17.3 Å². The van der Waals surface area contributed by atoms with Gasteiger partial charge in [0, 0.05) is 32.2 Å². The van der Waals surface area contributed by atoms with Crippen LogP contribution >= 0.6 is 0 Å². The maximum absolute atomic E-state index is 13.0. The van der Waals surface area contributed by atoms with Gasteiger partial charge in [-0.2, -0.15) is 0 Å². The van der Waals surface area contributed by atoms with Crippen LogP contribution in [-0.2, 0) is 13.1 Å². The standard InChI is InChI=1S/C17H22FN3O/c1-14-11-17(19-22-14)13-21-8-2-7-20(9-10-21)12-15-3-5-16(18)6-4-15/h3-6,11H,2,7-10,12-13H2,1H3. The lowest BCUT2D eigenvalue weighted by atomic mass is 10.2. The fourth-order valence-corrected chi connectivity index (χ4v) is 2.91. The summed E-state index contributed by atoms with van der Waals surface area (Å²) in [5, 5.41) is 4.07. The summed E-state index contributed by atoms with van der Waals surface area (Å²) in [5.41, 5.74) is 2.17. The molecule has 22 heavy (non-hydrogen) atoms. The number of hydrogen-bond acceptors (Lipinski definition) is 4. The van der Waals surface area contributed by atoms with Crippen LogP contribution in [-0.4, -0.2) is 41.1 Å². The molecule has 0 amide bonds. The van der Waals surface area contributed by atoms with Crippen molar-refractivity contribution < 1.29 is 8.91 Å². The highest BCUT2D eigenvalue weighted by molar-refractivity contribution is 5.15. The third-order valence-electron chi connectivity index (χ3n) is 4.06. The van der Waals surface area contributed by atoms with Crippen molar-refractivity contribution in [2.75, 3.05) is 26.2 Å². The summed E-state index contributed by atoms with van der Waals surface area (Å²) in [6, 6.07) is 8.81. The number of benzene rings is 1. The molecule has 1 aliphatic rings. The maximum atomic E-state index is 13.0. The van der Waals surface area contributed by atoms with Crippen molar-refractivity contribution in [1.29, 1.82) is 0 Å². The van der Waals surface area contributed by atoms with E-state index in [9.17, 15) is 4.39 Å². The second-order valence-corrected chi connectivity index (χ2v) is 5.96. The highest BCUT2D eigenvalue weighted by Crippen LogP contribution is 2.12. The van der Waals surface area contributed by atoms with Crippen LogP contribution in [0.1, 0.15) is 23.4 Å². The molecule has 0 saturated carbocycles. The van der Waals surface area contributed by atoms with Gasteiger partial charge in [-0.3, -0.25) is 9.80 Å². The number of halogens is 1. The Kier molecular flexibility index (Phi) is 4.85. The molecule has 1 aliphatic heterocycles. The van der Waals surface area contributed by atoms with Crippen LogP contribution in [0.15, 0.2) is 34.9 Å². The molecule has 0 aliphatic carbocycles. The van der Waals surface area contributed by atoms with Crippen molar-refractivity contribution in [3.05, 3.63) is 53.2 Å². The lowest BCUT2D eigenvalue weighted by molar-refractivity contribution is 0.242. The van der Waals surface area contributed by atoms with Gasteiger partial charge in [-0.15, -0.1) is 0 Å². The van der Waals surface area contributed by atoms with Gasteiger partial charge in [0.2, 0.25) is 0 Å². The molecule has 0 unspecified atom stereocenters. The Morgan fingerprint density at radius 3 is 2.36 bits per heavy atom. The quantitative estimate of drug-likeness (QED) is 0.869. The molecule has 1 fully saturated rings. The third kappa shape index (κ3) is 4.15. The van der Waals surface area contributed by atoms with Gasteiger partial charge in [0.1, 0.15) is 11.6 Å². The lowest BCUT2D eigenvalue weighted by Gasteiger charge is -2.21. The lowest BCUT2D eigenvalue weighted by Crippen LogP contribution is -2.30. The minimum absolute atomic E-state index is 0.173. The number of hydrogen-bond donors (Lipinski definition) is 0. The van der Waals surface area contributed by atoms with Crippen LogP contribution in [0.5, 0.6) is 0 Å². The molecule has 3 rings (SSSR count). The number of aromatic nitrogens is 1. The molecule has 5 heteroatoms. The van der Waals surface area contributed by atoms with Gasteiger partial charge in [-0.05, 0) is 44.1 Å². The molecular weight excluding hydrogens is 281 g/mol. The second-order valence-electron chi connectivity index (χ2n) is 5.96. The van der Waals surface area contributed by atoms with E-state index in [1.54, 1.807) is 0 Å². The minimum Gasteiger partial charge on any atom is -0.361 e. The Labute approximate surface area is 130 Å². The Morgan fingerprint density at radius 2 is 1.73 bits per heavy atom. The van der Waals surface area contributed by atoms with Crippen LogP contribution in [0.4, 0.5) is 4.39 Å². The van der Waals surface area contributed by atoms with Crippen molar-refractivity contribution in [3.8, 4) is 0 Å². The van der Waals surface area contributed by atoms with Crippen molar-refractivity contribution in [1.82, 2.24) is 15.0 Å². The zero-order valence-electron chi connectivity index (χ0n) is 13.0. The van der Waals surface area contributed by atoms with Crippen LogP contribution in [0.25, 0.3) is 0 Å². The normalized spacial score (nSPS) is 17.5. The van der Waals surface area contributed by atoms with Crippen LogP contribution in [0.2, 0.25) is 0 Å². The summed E-state index contributed by atoms with van der Waals surface area (Å²) in [6.45, 7) is 7.85. The van der Waals surface area contributed by atoms with E-state index in [0.717, 1.165) is 57.1 Å². The van der Waals surface area contributed by atoms with E-state index in [-0.39, 0.29) is 5.82 Å². The fraction of sp³-hybridized carbons (Fsp3) is 0.471.